The molecule has 1 N–H and O–H groups in total. The maximum Gasteiger partial charge on any atom is 0.331 e. The monoisotopic (exact) mass is 416 g/mol. The molecule has 0 radical (unpaired) electrons. The van der Waals surface area contributed by atoms with Crippen molar-refractivity contribution in [1.82, 2.24) is 10.2 Å². The summed E-state index contributed by atoms with van der Waals surface area (Å²) in [6, 6.07) is 16.6. The van der Waals surface area contributed by atoms with E-state index in [-0.39, 0.29) is 0 Å². The molecular weight excluding hydrogens is 392 g/mol. The van der Waals surface area contributed by atoms with Crippen LogP contribution < -0.4 is 10.1 Å². The minimum absolute atomic E-state index is 0.458. The van der Waals surface area contributed by atoms with Crippen LogP contribution in [0.5, 0.6) is 5.75 Å². The number of aryl methyl sites for hydroxylation is 3. The maximum absolute atomic E-state index is 13.2. The van der Waals surface area contributed by atoms with Gasteiger partial charge in [-0.3, -0.25) is 9.69 Å². The van der Waals surface area contributed by atoms with Gasteiger partial charge in [0.25, 0.3) is 5.91 Å². The summed E-state index contributed by atoms with van der Waals surface area (Å²) in [5, 5.41) is 4.74. The predicted molar refractivity (Wildman–Crippen MR) is 118 cm³/mol. The van der Waals surface area contributed by atoms with E-state index < -0.39 is 30.0 Å². The number of benzene rings is 3. The largest absolute Gasteiger partial charge is 0.425 e. The highest BCUT2D eigenvalue weighted by atomic mass is 16.5. The molecule has 3 amide bonds. The lowest BCUT2D eigenvalue weighted by atomic mass is 9.90. The average Bonchev–Trinajstić information content (AvgIpc) is 2.94. The molecule has 4 rings (SSSR count). The van der Waals surface area contributed by atoms with Crippen LogP contribution >= 0.6 is 0 Å². The maximum atomic E-state index is 13.2. The molecular formula is C25H24N2O4. The molecule has 0 saturated carbocycles. The van der Waals surface area contributed by atoms with Gasteiger partial charge in [0.15, 0.2) is 0 Å². The Morgan fingerprint density at radius 2 is 1.61 bits per heavy atom. The van der Waals surface area contributed by atoms with Crippen LogP contribution in [0.15, 0.2) is 54.6 Å². The highest BCUT2D eigenvalue weighted by molar-refractivity contribution is 6.09. The van der Waals surface area contributed by atoms with Crippen molar-refractivity contribution in [3.05, 3.63) is 76.9 Å². The highest BCUT2D eigenvalue weighted by Crippen LogP contribution is 2.31. The van der Waals surface area contributed by atoms with Gasteiger partial charge < -0.3 is 10.1 Å². The molecule has 1 unspecified atom stereocenters. The molecule has 1 atom stereocenters. The molecule has 0 aliphatic carbocycles. The first kappa shape index (κ1) is 20.6. The van der Waals surface area contributed by atoms with Crippen molar-refractivity contribution >= 4 is 28.7 Å². The molecule has 158 valence electrons. The van der Waals surface area contributed by atoms with E-state index in [0.717, 1.165) is 32.4 Å². The van der Waals surface area contributed by atoms with E-state index in [9.17, 15) is 14.4 Å². The molecule has 0 bridgehead atoms. The van der Waals surface area contributed by atoms with Crippen LogP contribution in [0, 0.1) is 20.8 Å². The summed E-state index contributed by atoms with van der Waals surface area (Å²) in [4.78, 5) is 39.3. The number of nitrogens with zero attached hydrogens (tertiary/aromatic N) is 1. The van der Waals surface area contributed by atoms with Gasteiger partial charge in [0.2, 0.25) is 0 Å². The average molecular weight is 416 g/mol. The highest BCUT2D eigenvalue weighted by Gasteiger charge is 2.49. The zero-order valence-electron chi connectivity index (χ0n) is 18.0. The lowest BCUT2D eigenvalue weighted by Crippen LogP contribution is -2.42. The van der Waals surface area contributed by atoms with Gasteiger partial charge in [-0.25, -0.2) is 9.59 Å². The van der Waals surface area contributed by atoms with Gasteiger partial charge >= 0.3 is 12.0 Å². The molecule has 6 heteroatoms. The van der Waals surface area contributed by atoms with Gasteiger partial charge in [-0.15, -0.1) is 0 Å². The molecule has 1 aliphatic rings. The molecule has 1 saturated heterocycles. The Morgan fingerprint density at radius 1 is 0.968 bits per heavy atom. The number of rotatable bonds is 4. The van der Waals surface area contributed by atoms with Crippen LogP contribution in [0.3, 0.4) is 0 Å². The smallest absolute Gasteiger partial charge is 0.331 e. The number of ether oxygens (including phenoxy) is 1. The fourth-order valence-electron chi connectivity index (χ4n) is 4.14. The van der Waals surface area contributed by atoms with Crippen molar-refractivity contribution in [3.8, 4) is 5.75 Å². The van der Waals surface area contributed by atoms with Crippen LogP contribution in [-0.4, -0.2) is 29.4 Å². The van der Waals surface area contributed by atoms with Gasteiger partial charge in [-0.2, -0.15) is 0 Å². The Morgan fingerprint density at radius 3 is 2.29 bits per heavy atom. The van der Waals surface area contributed by atoms with Crippen LogP contribution in [-0.2, 0) is 15.1 Å². The van der Waals surface area contributed by atoms with Crippen LogP contribution in [0.4, 0.5) is 4.79 Å². The van der Waals surface area contributed by atoms with E-state index in [1.54, 1.807) is 6.92 Å². The van der Waals surface area contributed by atoms with Gasteiger partial charge in [-0.05, 0) is 61.2 Å². The molecule has 31 heavy (non-hydrogen) atoms. The Hall–Kier alpha value is -3.67. The summed E-state index contributed by atoms with van der Waals surface area (Å²) < 4.78 is 5.51. The first-order valence-corrected chi connectivity index (χ1v) is 10.1. The second-order valence-corrected chi connectivity index (χ2v) is 8.21. The molecule has 0 aromatic heterocycles. The number of amides is 3. The third-order valence-corrected chi connectivity index (χ3v) is 5.71. The number of hydrogen-bond donors (Lipinski definition) is 1. The van der Waals surface area contributed by atoms with Gasteiger partial charge in [0.05, 0.1) is 0 Å². The van der Waals surface area contributed by atoms with Crippen molar-refractivity contribution in [2.24, 2.45) is 0 Å². The molecule has 0 spiro atoms. The van der Waals surface area contributed by atoms with Gasteiger partial charge in [0, 0.05) is 0 Å². The third-order valence-electron chi connectivity index (χ3n) is 5.71. The molecule has 1 fully saturated rings. The van der Waals surface area contributed by atoms with E-state index in [1.165, 1.54) is 0 Å². The number of carbonyl (C=O) groups is 3. The topological polar surface area (TPSA) is 75.7 Å². The lowest BCUT2D eigenvalue weighted by molar-refractivity contribution is -0.141. The minimum Gasteiger partial charge on any atom is -0.425 e. The van der Waals surface area contributed by atoms with E-state index in [1.807, 2.05) is 75.4 Å². The SMILES string of the molecule is Cc1cc(C)c(OC(=O)CN2C(=O)NC(C)(c3ccc4ccccc4c3)C2=O)c(C)c1. The van der Waals surface area contributed by atoms with Crippen LogP contribution in [0.2, 0.25) is 0 Å². The van der Waals surface area contributed by atoms with Crippen molar-refractivity contribution in [1.29, 1.82) is 0 Å². The molecule has 1 heterocycles. The first-order chi connectivity index (χ1) is 14.7. The summed E-state index contributed by atoms with van der Waals surface area (Å²) in [5.41, 5.74) is 2.12. The quantitative estimate of drug-likeness (QED) is 0.394. The second-order valence-electron chi connectivity index (χ2n) is 8.21. The predicted octanol–water partition coefficient (Wildman–Crippen LogP) is 4.14. The van der Waals surface area contributed by atoms with Crippen LogP contribution in [0.25, 0.3) is 10.8 Å². The Bertz CT molecular complexity index is 1210. The second kappa shape index (κ2) is 7.54. The van der Waals surface area contributed by atoms with Crippen molar-refractivity contribution in [2.75, 3.05) is 6.54 Å². The zero-order chi connectivity index (χ0) is 22.3. The number of esters is 1. The standard InChI is InChI=1S/C25H24N2O4/c1-15-11-16(2)22(17(3)12-15)31-21(28)14-27-23(29)25(4,26-24(27)30)20-10-9-18-7-5-6-8-19(18)13-20/h5-13H,14H2,1-4H3,(H,26,30). The molecule has 3 aromatic carbocycles. The van der Waals surface area contributed by atoms with Crippen molar-refractivity contribution in [2.45, 2.75) is 33.2 Å². The zero-order valence-corrected chi connectivity index (χ0v) is 18.0. The lowest BCUT2D eigenvalue weighted by Gasteiger charge is -2.22. The first-order valence-electron chi connectivity index (χ1n) is 10.1. The number of carbonyl (C=O) groups excluding carboxylic acids is 3. The molecule has 1 aliphatic heterocycles. The fourth-order valence-corrected chi connectivity index (χ4v) is 4.14. The van der Waals surface area contributed by atoms with Crippen molar-refractivity contribution < 1.29 is 19.1 Å². The number of imide groups is 1. The van der Waals surface area contributed by atoms with Crippen LogP contribution in [0.1, 0.15) is 29.2 Å². The molecule has 6 nitrogen and oxygen atoms in total. The number of nitrogens with one attached hydrogen (secondary N) is 1. The molecule has 3 aromatic rings. The normalized spacial score (nSPS) is 18.4. The number of hydrogen-bond acceptors (Lipinski definition) is 4. The van der Waals surface area contributed by atoms with Crippen molar-refractivity contribution in [3.63, 3.8) is 0 Å². The van der Waals surface area contributed by atoms with E-state index in [2.05, 4.69) is 5.32 Å². The van der Waals surface area contributed by atoms with E-state index in [4.69, 9.17) is 4.74 Å². The Balaban J connectivity index is 1.56. The summed E-state index contributed by atoms with van der Waals surface area (Å²) in [5.74, 6) is -0.691. The minimum atomic E-state index is -1.25. The summed E-state index contributed by atoms with van der Waals surface area (Å²) in [7, 11) is 0. The van der Waals surface area contributed by atoms with Gasteiger partial charge in [-0.1, -0.05) is 54.1 Å². The summed E-state index contributed by atoms with van der Waals surface area (Å²) in [6.07, 6.45) is 0. The third kappa shape index (κ3) is 3.65. The Labute approximate surface area is 180 Å². The Kier molecular flexibility index (Phi) is 5.01. The number of urea groups is 1. The van der Waals surface area contributed by atoms with E-state index >= 15 is 0 Å². The summed E-state index contributed by atoms with van der Waals surface area (Å²) >= 11 is 0. The fraction of sp³-hybridized carbons (Fsp3) is 0.240. The summed E-state index contributed by atoms with van der Waals surface area (Å²) in [6.45, 7) is 6.87. The van der Waals surface area contributed by atoms with Gasteiger partial charge in [0.1, 0.15) is 17.8 Å². The number of fused-ring (bicyclic) bond motifs is 1. The van der Waals surface area contributed by atoms with E-state index in [0.29, 0.717) is 11.3 Å².